The highest BCUT2D eigenvalue weighted by atomic mass is 16.7. The molecule has 1 fully saturated rings. The Morgan fingerprint density at radius 3 is 2.74 bits per heavy atom. The highest BCUT2D eigenvalue weighted by molar-refractivity contribution is 6.62. The summed E-state index contributed by atoms with van der Waals surface area (Å²) in [5.74, 6) is -0.824. The van der Waals surface area contributed by atoms with Crippen LogP contribution >= 0.6 is 0 Å². The fraction of sp³-hybridized carbons (Fsp3) is 0.435. The van der Waals surface area contributed by atoms with Crippen molar-refractivity contribution in [1.29, 1.82) is 0 Å². The highest BCUT2D eigenvalue weighted by Gasteiger charge is 2.44. The molecule has 7 nitrogen and oxygen atoms in total. The van der Waals surface area contributed by atoms with Crippen LogP contribution in [0.25, 0.3) is 0 Å². The summed E-state index contributed by atoms with van der Waals surface area (Å²) >= 11 is 0. The molecule has 0 bridgehead atoms. The topological polar surface area (TPSA) is 94.5 Å². The first kappa shape index (κ1) is 21.7. The molecule has 2 heterocycles. The predicted molar refractivity (Wildman–Crippen MR) is 114 cm³/mol. The van der Waals surface area contributed by atoms with Gasteiger partial charge in [0.25, 0.3) is 0 Å². The van der Waals surface area contributed by atoms with Crippen molar-refractivity contribution in [3.8, 4) is 11.5 Å². The van der Waals surface area contributed by atoms with Gasteiger partial charge in [0, 0.05) is 18.1 Å². The van der Waals surface area contributed by atoms with E-state index in [1.165, 1.54) is 0 Å². The molecule has 2 N–H and O–H groups in total. The van der Waals surface area contributed by atoms with E-state index in [4.69, 9.17) is 18.9 Å². The Balaban J connectivity index is 1.68. The Hall–Kier alpha value is -2.55. The van der Waals surface area contributed by atoms with Gasteiger partial charge in [-0.1, -0.05) is 37.3 Å². The third kappa shape index (κ3) is 4.87. The van der Waals surface area contributed by atoms with Gasteiger partial charge >= 0.3 is 13.1 Å². The number of rotatable bonds is 8. The molecule has 2 aromatic rings. The van der Waals surface area contributed by atoms with Crippen LogP contribution in [0, 0.1) is 5.92 Å². The number of hydrogen-bond donors (Lipinski definition) is 2. The van der Waals surface area contributed by atoms with E-state index in [0.717, 1.165) is 24.8 Å². The Kier molecular flexibility index (Phi) is 6.80. The van der Waals surface area contributed by atoms with Gasteiger partial charge in [-0.2, -0.15) is 0 Å². The van der Waals surface area contributed by atoms with Gasteiger partial charge in [0.2, 0.25) is 0 Å². The van der Waals surface area contributed by atoms with Crippen molar-refractivity contribution in [2.24, 2.45) is 5.92 Å². The molecule has 0 aromatic heterocycles. The smallest absolute Gasteiger partial charge is 0.488 e. The number of carboxylic acids is 1. The summed E-state index contributed by atoms with van der Waals surface area (Å²) in [6, 6.07) is 13.1. The van der Waals surface area contributed by atoms with Crippen LogP contribution < -0.4 is 14.9 Å². The predicted octanol–water partition coefficient (Wildman–Crippen LogP) is 3.04. The van der Waals surface area contributed by atoms with Crippen molar-refractivity contribution >= 4 is 18.6 Å². The van der Waals surface area contributed by atoms with Crippen LogP contribution in [0.5, 0.6) is 11.5 Å². The van der Waals surface area contributed by atoms with Crippen LogP contribution in [-0.2, 0) is 20.8 Å². The van der Waals surface area contributed by atoms with Gasteiger partial charge in [-0.05, 0) is 36.4 Å². The first-order chi connectivity index (χ1) is 15.1. The summed E-state index contributed by atoms with van der Waals surface area (Å²) in [5, 5.41) is 20.2. The van der Waals surface area contributed by atoms with Gasteiger partial charge in [0.05, 0.1) is 18.6 Å². The Morgan fingerprint density at radius 1 is 1.26 bits per heavy atom. The molecule has 0 amide bonds. The SMILES string of the molecule is CCC(C(=O)O)C1OB(O)c2cc(OC3CCCCO3)cc(OCc3ccccc3)c21. The fourth-order valence-electron chi connectivity index (χ4n) is 4.10. The van der Waals surface area contributed by atoms with Crippen LogP contribution in [-0.4, -0.2) is 36.1 Å². The molecule has 2 aromatic carbocycles. The van der Waals surface area contributed by atoms with E-state index in [-0.39, 0.29) is 6.29 Å². The zero-order chi connectivity index (χ0) is 21.8. The number of ether oxygens (including phenoxy) is 3. The molecule has 3 unspecified atom stereocenters. The molecule has 0 spiro atoms. The lowest BCUT2D eigenvalue weighted by molar-refractivity contribution is -0.145. The molecule has 4 rings (SSSR count). The Labute approximate surface area is 182 Å². The maximum Gasteiger partial charge on any atom is 0.492 e. The normalized spacial score (nSPS) is 21.4. The van der Waals surface area contributed by atoms with Crippen molar-refractivity contribution in [3.63, 3.8) is 0 Å². The number of hydrogen-bond acceptors (Lipinski definition) is 6. The monoisotopic (exact) mass is 426 g/mol. The van der Waals surface area contributed by atoms with Crippen molar-refractivity contribution in [1.82, 2.24) is 0 Å². The fourth-order valence-corrected chi connectivity index (χ4v) is 4.10. The minimum atomic E-state index is -1.25. The quantitative estimate of drug-likeness (QED) is 0.627. The van der Waals surface area contributed by atoms with E-state index in [0.29, 0.717) is 42.2 Å². The summed E-state index contributed by atoms with van der Waals surface area (Å²) in [4.78, 5) is 11.8. The lowest BCUT2D eigenvalue weighted by atomic mass is 9.78. The van der Waals surface area contributed by atoms with Gasteiger partial charge in [-0.25, -0.2) is 0 Å². The van der Waals surface area contributed by atoms with Crippen molar-refractivity contribution in [2.45, 2.75) is 51.6 Å². The second-order valence-corrected chi connectivity index (χ2v) is 7.87. The summed E-state index contributed by atoms with van der Waals surface area (Å²) in [6.45, 7) is 2.73. The van der Waals surface area contributed by atoms with Crippen LogP contribution in [0.15, 0.2) is 42.5 Å². The van der Waals surface area contributed by atoms with E-state index in [1.54, 1.807) is 19.1 Å². The van der Waals surface area contributed by atoms with Crippen molar-refractivity contribution in [3.05, 3.63) is 53.6 Å². The second kappa shape index (κ2) is 9.72. The van der Waals surface area contributed by atoms with Crippen LogP contribution in [0.1, 0.15) is 49.8 Å². The standard InChI is InChI=1S/C23H27BO7/c1-2-17(23(25)26)22-21-18(24(27)31-22)12-16(30-20-10-6-7-11-28-20)13-19(21)29-14-15-8-4-3-5-9-15/h3-5,8-9,12-13,17,20,22,27H,2,6-7,10-11,14H2,1H3,(H,25,26). The zero-order valence-corrected chi connectivity index (χ0v) is 17.5. The number of carboxylic acid groups (broad SMARTS) is 1. The van der Waals surface area contributed by atoms with Gasteiger partial charge in [0.1, 0.15) is 18.1 Å². The average Bonchev–Trinajstić information content (AvgIpc) is 3.10. The largest absolute Gasteiger partial charge is 0.492 e. The van der Waals surface area contributed by atoms with E-state index in [9.17, 15) is 14.9 Å². The third-order valence-corrected chi connectivity index (χ3v) is 5.74. The summed E-state index contributed by atoms with van der Waals surface area (Å²) < 4.78 is 23.5. The van der Waals surface area contributed by atoms with E-state index in [1.807, 2.05) is 30.3 Å². The summed E-state index contributed by atoms with van der Waals surface area (Å²) in [6.07, 6.45) is 2.02. The first-order valence-electron chi connectivity index (χ1n) is 10.8. The molecule has 8 heteroatoms. The lowest BCUT2D eigenvalue weighted by Crippen LogP contribution is -2.30. The number of fused-ring (bicyclic) bond motifs is 1. The highest BCUT2D eigenvalue weighted by Crippen LogP contribution is 2.40. The van der Waals surface area contributed by atoms with E-state index >= 15 is 0 Å². The van der Waals surface area contributed by atoms with Gasteiger partial charge < -0.3 is 29.0 Å². The molecule has 1 saturated heterocycles. The average molecular weight is 426 g/mol. The minimum absolute atomic E-state index is 0.295. The first-order valence-corrected chi connectivity index (χ1v) is 10.8. The van der Waals surface area contributed by atoms with Crippen molar-refractivity contribution in [2.75, 3.05) is 6.61 Å². The molecule has 2 aliphatic rings. The Morgan fingerprint density at radius 2 is 2.06 bits per heavy atom. The molecule has 0 aliphatic carbocycles. The van der Waals surface area contributed by atoms with Gasteiger partial charge in [0.15, 0.2) is 6.29 Å². The zero-order valence-electron chi connectivity index (χ0n) is 17.5. The van der Waals surface area contributed by atoms with E-state index in [2.05, 4.69) is 0 Å². The molecule has 3 atom stereocenters. The molecule has 2 aliphatic heterocycles. The van der Waals surface area contributed by atoms with Gasteiger partial charge in [-0.15, -0.1) is 0 Å². The minimum Gasteiger partial charge on any atom is -0.488 e. The van der Waals surface area contributed by atoms with Crippen molar-refractivity contribution < 1.29 is 33.8 Å². The van der Waals surface area contributed by atoms with Crippen LogP contribution in [0.3, 0.4) is 0 Å². The number of carbonyl (C=O) groups is 1. The van der Waals surface area contributed by atoms with E-state index < -0.39 is 25.1 Å². The maximum absolute atomic E-state index is 11.8. The maximum atomic E-state index is 11.8. The summed E-state index contributed by atoms with van der Waals surface area (Å²) in [5.41, 5.74) is 2.01. The summed E-state index contributed by atoms with van der Waals surface area (Å²) in [7, 11) is -1.25. The Bertz CT molecular complexity index is 898. The third-order valence-electron chi connectivity index (χ3n) is 5.74. The molecular weight excluding hydrogens is 399 g/mol. The van der Waals surface area contributed by atoms with Crippen LogP contribution in [0.4, 0.5) is 0 Å². The number of benzene rings is 2. The van der Waals surface area contributed by atoms with Crippen LogP contribution in [0.2, 0.25) is 0 Å². The second-order valence-electron chi connectivity index (χ2n) is 7.87. The lowest BCUT2D eigenvalue weighted by Gasteiger charge is -2.25. The molecular formula is C23H27BO7. The van der Waals surface area contributed by atoms with Gasteiger partial charge in [-0.3, -0.25) is 4.79 Å². The molecule has 0 saturated carbocycles. The number of aliphatic carboxylic acids is 1. The molecule has 164 valence electrons. The molecule has 0 radical (unpaired) electrons. The molecule has 31 heavy (non-hydrogen) atoms.